The number of alkyl halides is 4. The van der Waals surface area contributed by atoms with Gasteiger partial charge in [-0.15, -0.1) is 11.6 Å². The number of nitrogens with one attached hydrogen (secondary N) is 1. The number of hydrogen-bond donors (Lipinski definition) is 1. The fourth-order valence-corrected chi connectivity index (χ4v) is 3.97. The van der Waals surface area contributed by atoms with Crippen molar-refractivity contribution in [2.75, 3.05) is 45.7 Å². The number of amides is 1. The Balaban J connectivity index is 1.74. The molecule has 1 N–H and O–H groups in total. The van der Waals surface area contributed by atoms with Crippen LogP contribution in [0, 0.1) is 16.0 Å². The van der Waals surface area contributed by atoms with Crippen molar-refractivity contribution in [3.05, 3.63) is 69.6 Å². The molecule has 196 valence electrons. The second-order valence-electron chi connectivity index (χ2n) is 8.58. The summed E-state index contributed by atoms with van der Waals surface area (Å²) in [7, 11) is 1.96. The molecule has 0 bridgehead atoms. The molecular formula is C24H28ClF3N4O4. The zero-order chi connectivity index (χ0) is 26.3. The molecule has 1 aliphatic heterocycles. The van der Waals surface area contributed by atoms with E-state index >= 15 is 0 Å². The quantitative estimate of drug-likeness (QED) is 0.220. The van der Waals surface area contributed by atoms with Crippen molar-refractivity contribution in [3.63, 3.8) is 0 Å². The Morgan fingerprint density at radius 2 is 1.97 bits per heavy atom. The van der Waals surface area contributed by atoms with E-state index in [1.807, 2.05) is 11.9 Å². The van der Waals surface area contributed by atoms with Gasteiger partial charge in [0.05, 0.1) is 11.5 Å². The molecule has 3 rings (SSSR count). The van der Waals surface area contributed by atoms with E-state index in [9.17, 15) is 28.1 Å². The van der Waals surface area contributed by atoms with E-state index in [0.717, 1.165) is 25.2 Å². The van der Waals surface area contributed by atoms with Crippen molar-refractivity contribution in [1.82, 2.24) is 15.1 Å². The number of likely N-dealkylation sites (N-methyl/N-ethyl adjacent to an activating group) is 1. The number of hydrogen-bond acceptors (Lipinski definition) is 6. The summed E-state index contributed by atoms with van der Waals surface area (Å²) in [6.07, 6.45) is 1.94. The Labute approximate surface area is 212 Å². The topological polar surface area (TPSA) is 88.0 Å². The molecule has 1 fully saturated rings. The highest BCUT2D eigenvalue weighted by molar-refractivity contribution is 6.17. The van der Waals surface area contributed by atoms with Crippen LogP contribution in [0.4, 0.5) is 18.9 Å². The molecule has 36 heavy (non-hydrogen) atoms. The average molecular weight is 529 g/mol. The largest absolute Gasteiger partial charge is 0.487 e. The first-order valence-corrected chi connectivity index (χ1v) is 12.0. The van der Waals surface area contributed by atoms with Gasteiger partial charge < -0.3 is 19.9 Å². The second-order valence-corrected chi connectivity index (χ2v) is 8.96. The zero-order valence-corrected chi connectivity index (χ0v) is 20.5. The van der Waals surface area contributed by atoms with Crippen LogP contribution in [0.5, 0.6) is 5.75 Å². The Hall–Kier alpha value is -3.05. The standard InChI is InChI=1S/C24H28ClF3N4O4/c1-30-9-11-31(12-10-30)16-18-4-6-19(15-20(18)24(26,27)28)29-23(33)17-5-7-22(21(14-17)32(34)35)36-13-3-2-8-25/h4-7,14-16,20H,2-3,8-13H2,1H3,(H,29,33). The molecule has 0 spiro atoms. The third-order valence-corrected chi connectivity index (χ3v) is 6.11. The maximum absolute atomic E-state index is 13.8. The number of allylic oxidation sites excluding steroid dienone is 4. The van der Waals surface area contributed by atoms with Gasteiger partial charge in [-0.2, -0.15) is 13.2 Å². The fraction of sp³-hybridized carbons (Fsp3) is 0.458. The van der Waals surface area contributed by atoms with Crippen LogP contribution < -0.4 is 10.1 Å². The molecule has 1 saturated heterocycles. The van der Waals surface area contributed by atoms with Gasteiger partial charge in [-0.3, -0.25) is 14.9 Å². The Morgan fingerprint density at radius 1 is 1.25 bits per heavy atom. The fourth-order valence-electron chi connectivity index (χ4n) is 3.78. The summed E-state index contributed by atoms with van der Waals surface area (Å²) in [5.74, 6) is -2.22. The third-order valence-electron chi connectivity index (χ3n) is 5.84. The average Bonchev–Trinajstić information content (AvgIpc) is 2.83. The van der Waals surface area contributed by atoms with Crippen molar-refractivity contribution in [1.29, 1.82) is 0 Å². The SMILES string of the molecule is CN1CCN(C=C2C=CC(NC(=O)c3ccc(OCCCCCl)c([N+](=O)[O-])c3)=CC2C(F)(F)F)CC1. The van der Waals surface area contributed by atoms with Crippen molar-refractivity contribution in [3.8, 4) is 5.75 Å². The Morgan fingerprint density at radius 3 is 2.61 bits per heavy atom. The van der Waals surface area contributed by atoms with Crippen molar-refractivity contribution < 1.29 is 27.6 Å². The lowest BCUT2D eigenvalue weighted by atomic mass is 9.92. The zero-order valence-electron chi connectivity index (χ0n) is 19.8. The van der Waals surface area contributed by atoms with Crippen molar-refractivity contribution >= 4 is 23.2 Å². The van der Waals surface area contributed by atoms with Crippen LogP contribution in [0.3, 0.4) is 0 Å². The number of ether oxygens (including phenoxy) is 1. The number of rotatable bonds is 9. The second kappa shape index (κ2) is 12.3. The molecule has 12 heteroatoms. The first kappa shape index (κ1) is 27.5. The molecule has 2 aliphatic rings. The highest BCUT2D eigenvalue weighted by atomic mass is 35.5. The maximum atomic E-state index is 13.8. The van der Waals surface area contributed by atoms with Crippen molar-refractivity contribution in [2.24, 2.45) is 5.92 Å². The van der Waals surface area contributed by atoms with Gasteiger partial charge in [-0.05, 0) is 49.7 Å². The normalized spacial score (nSPS) is 19.8. The minimum atomic E-state index is -4.56. The van der Waals surface area contributed by atoms with E-state index in [2.05, 4.69) is 10.2 Å². The van der Waals surface area contributed by atoms with Gasteiger partial charge in [-0.1, -0.05) is 6.08 Å². The number of piperazine rings is 1. The molecule has 0 radical (unpaired) electrons. The summed E-state index contributed by atoms with van der Waals surface area (Å²) in [6, 6.07) is 3.67. The van der Waals surface area contributed by atoms with Crippen LogP contribution >= 0.6 is 11.6 Å². The van der Waals surface area contributed by atoms with Gasteiger partial charge in [0.25, 0.3) is 5.91 Å². The van der Waals surface area contributed by atoms with E-state index < -0.39 is 28.6 Å². The van der Waals surface area contributed by atoms with Gasteiger partial charge in [0.2, 0.25) is 0 Å². The summed E-state index contributed by atoms with van der Waals surface area (Å²) in [6.45, 7) is 2.98. The molecule has 1 atom stereocenters. The van der Waals surface area contributed by atoms with E-state index in [1.54, 1.807) is 0 Å². The van der Waals surface area contributed by atoms with Gasteiger partial charge in [0.1, 0.15) is 5.92 Å². The van der Waals surface area contributed by atoms with Gasteiger partial charge in [0.15, 0.2) is 5.75 Å². The predicted molar refractivity (Wildman–Crippen MR) is 130 cm³/mol. The van der Waals surface area contributed by atoms with E-state index in [1.165, 1.54) is 30.5 Å². The lowest BCUT2D eigenvalue weighted by Crippen LogP contribution is -2.42. The number of carbonyl (C=O) groups is 1. The molecule has 1 amide bonds. The summed E-state index contributed by atoms with van der Waals surface area (Å²) in [5, 5.41) is 13.9. The molecule has 1 heterocycles. The number of carbonyl (C=O) groups excluding carboxylic acids is 1. The minimum Gasteiger partial charge on any atom is -0.487 e. The summed E-state index contributed by atoms with van der Waals surface area (Å²) >= 11 is 5.60. The van der Waals surface area contributed by atoms with E-state index in [4.69, 9.17) is 16.3 Å². The first-order valence-electron chi connectivity index (χ1n) is 11.5. The molecule has 1 aliphatic carbocycles. The number of benzene rings is 1. The lowest BCUT2D eigenvalue weighted by molar-refractivity contribution is -0.385. The van der Waals surface area contributed by atoms with E-state index in [0.29, 0.717) is 31.8 Å². The highest BCUT2D eigenvalue weighted by Crippen LogP contribution is 2.37. The molecule has 1 aromatic rings. The van der Waals surface area contributed by atoms with Gasteiger partial charge in [0, 0.05) is 55.6 Å². The smallest absolute Gasteiger partial charge is 0.399 e. The third kappa shape index (κ3) is 7.47. The van der Waals surface area contributed by atoms with Crippen LogP contribution in [-0.4, -0.2) is 72.5 Å². The molecule has 0 saturated carbocycles. The van der Waals surface area contributed by atoms with E-state index in [-0.39, 0.29) is 29.2 Å². The molecule has 0 aromatic heterocycles. The predicted octanol–water partition coefficient (Wildman–Crippen LogP) is 4.49. The summed E-state index contributed by atoms with van der Waals surface area (Å²) in [4.78, 5) is 27.4. The Bertz CT molecular complexity index is 1050. The number of nitro benzene ring substituents is 1. The molecular weight excluding hydrogens is 501 g/mol. The number of nitro groups is 1. The summed E-state index contributed by atoms with van der Waals surface area (Å²) in [5.41, 5.74) is -0.447. The number of nitrogens with zero attached hydrogens (tertiary/aromatic N) is 3. The first-order chi connectivity index (χ1) is 17.1. The van der Waals surface area contributed by atoms with Gasteiger partial charge in [-0.25, -0.2) is 0 Å². The lowest BCUT2D eigenvalue weighted by Gasteiger charge is -2.33. The highest BCUT2D eigenvalue weighted by Gasteiger charge is 2.41. The monoisotopic (exact) mass is 528 g/mol. The maximum Gasteiger partial charge on any atom is 0.399 e. The molecule has 1 unspecified atom stereocenters. The molecule has 8 nitrogen and oxygen atoms in total. The summed E-state index contributed by atoms with van der Waals surface area (Å²) < 4.78 is 46.9. The van der Waals surface area contributed by atoms with Crippen LogP contribution in [-0.2, 0) is 0 Å². The van der Waals surface area contributed by atoms with Crippen LogP contribution in [0.2, 0.25) is 0 Å². The molecule has 1 aromatic carbocycles. The van der Waals surface area contributed by atoms with Gasteiger partial charge >= 0.3 is 11.9 Å². The van der Waals surface area contributed by atoms with Crippen LogP contribution in [0.25, 0.3) is 0 Å². The number of unbranched alkanes of at least 4 members (excludes halogenated alkanes) is 1. The number of halogens is 4. The van der Waals surface area contributed by atoms with Crippen LogP contribution in [0.15, 0.2) is 53.9 Å². The van der Waals surface area contributed by atoms with Crippen LogP contribution in [0.1, 0.15) is 23.2 Å². The Kier molecular flexibility index (Phi) is 9.38. The van der Waals surface area contributed by atoms with Crippen molar-refractivity contribution in [2.45, 2.75) is 19.0 Å². The minimum absolute atomic E-state index is 0.00118.